The summed E-state index contributed by atoms with van der Waals surface area (Å²) >= 11 is 0. The second-order valence-corrected chi connectivity index (χ2v) is 5.51. The van der Waals surface area contributed by atoms with Crippen LogP contribution in [0.4, 0.5) is 8.78 Å². The van der Waals surface area contributed by atoms with Crippen LogP contribution in [-0.4, -0.2) is 35.3 Å². The largest absolute Gasteiger partial charge is 0.434 e. The molecule has 1 saturated carbocycles. The van der Waals surface area contributed by atoms with Gasteiger partial charge in [-0.15, -0.1) is 0 Å². The molecule has 1 aromatic carbocycles. The number of β-amino-alcohol motifs (C(OH)–C–C–N with tert-alkyl or cyclic N) is 1. The van der Waals surface area contributed by atoms with E-state index in [-0.39, 0.29) is 5.75 Å². The Bertz CT molecular complexity index is 457. The number of alkyl halides is 2. The van der Waals surface area contributed by atoms with E-state index in [2.05, 4.69) is 9.64 Å². The van der Waals surface area contributed by atoms with Gasteiger partial charge in [0.1, 0.15) is 5.75 Å². The zero-order chi connectivity index (χ0) is 13.5. The highest BCUT2D eigenvalue weighted by Gasteiger charge is 2.51. The van der Waals surface area contributed by atoms with E-state index >= 15 is 0 Å². The highest BCUT2D eigenvalue weighted by atomic mass is 19.3. The van der Waals surface area contributed by atoms with Crippen LogP contribution in [0, 0.1) is 5.92 Å². The molecule has 2 aliphatic rings. The van der Waals surface area contributed by atoms with Gasteiger partial charge in [0.2, 0.25) is 0 Å². The van der Waals surface area contributed by atoms with Crippen LogP contribution >= 0.6 is 0 Å². The summed E-state index contributed by atoms with van der Waals surface area (Å²) in [4.78, 5) is 2.06. The van der Waals surface area contributed by atoms with Gasteiger partial charge in [0.05, 0.1) is 5.60 Å². The van der Waals surface area contributed by atoms with Crippen LogP contribution < -0.4 is 4.74 Å². The molecule has 5 heteroatoms. The minimum atomic E-state index is -2.80. The summed E-state index contributed by atoms with van der Waals surface area (Å²) in [5.74, 6) is 0.663. The molecule has 1 aromatic rings. The molecule has 1 aliphatic carbocycles. The van der Waals surface area contributed by atoms with Crippen LogP contribution in [0.3, 0.4) is 0 Å². The first-order valence-electron chi connectivity index (χ1n) is 6.54. The molecule has 1 N–H and O–H groups in total. The van der Waals surface area contributed by atoms with Crippen molar-refractivity contribution < 1.29 is 18.6 Å². The molecule has 3 nitrogen and oxygen atoms in total. The lowest BCUT2D eigenvalue weighted by Gasteiger charge is -2.47. The first-order chi connectivity index (χ1) is 9.07. The van der Waals surface area contributed by atoms with Gasteiger partial charge in [-0.05, 0) is 24.8 Å². The number of hydrogen-bond acceptors (Lipinski definition) is 3. The number of halogens is 2. The van der Waals surface area contributed by atoms with Crippen LogP contribution in [0.1, 0.15) is 18.4 Å². The number of nitrogens with zero attached hydrogens (tertiary/aromatic N) is 1. The summed E-state index contributed by atoms with van der Waals surface area (Å²) in [5.41, 5.74) is 0.194. The zero-order valence-electron chi connectivity index (χ0n) is 10.6. The molecule has 0 aromatic heterocycles. The van der Waals surface area contributed by atoms with E-state index in [9.17, 15) is 13.9 Å². The van der Waals surface area contributed by atoms with Gasteiger partial charge in [-0.2, -0.15) is 8.78 Å². The number of para-hydroxylation sites is 1. The van der Waals surface area contributed by atoms with Crippen molar-refractivity contribution in [2.75, 3.05) is 13.1 Å². The first kappa shape index (κ1) is 12.8. The molecule has 1 aliphatic heterocycles. The molecule has 104 valence electrons. The normalized spacial score (nSPS) is 22.3. The van der Waals surface area contributed by atoms with Gasteiger partial charge >= 0.3 is 6.61 Å². The standard InChI is InChI=1S/C14H17F2NO2/c15-13(16)19-12-4-2-1-3-10(12)7-17-8-14(18,9-17)11-5-6-11/h1-4,11,13,18H,5-9H2. The van der Waals surface area contributed by atoms with Crippen molar-refractivity contribution >= 4 is 0 Å². The zero-order valence-corrected chi connectivity index (χ0v) is 10.6. The number of likely N-dealkylation sites (tertiary alicyclic amines) is 1. The fourth-order valence-corrected chi connectivity index (χ4v) is 2.81. The van der Waals surface area contributed by atoms with E-state index < -0.39 is 12.2 Å². The summed E-state index contributed by atoms with van der Waals surface area (Å²) in [7, 11) is 0. The van der Waals surface area contributed by atoms with Crippen molar-refractivity contribution in [2.24, 2.45) is 5.92 Å². The van der Waals surface area contributed by atoms with Gasteiger partial charge in [0, 0.05) is 25.2 Å². The van der Waals surface area contributed by atoms with E-state index in [0.29, 0.717) is 25.6 Å². The third kappa shape index (κ3) is 2.72. The lowest BCUT2D eigenvalue weighted by molar-refractivity contribution is -0.117. The maximum absolute atomic E-state index is 12.3. The van der Waals surface area contributed by atoms with E-state index in [1.807, 2.05) is 0 Å². The van der Waals surface area contributed by atoms with Crippen LogP contribution in [0.15, 0.2) is 24.3 Å². The smallest absolute Gasteiger partial charge is 0.387 e. The predicted octanol–water partition coefficient (Wildman–Crippen LogP) is 2.24. The van der Waals surface area contributed by atoms with Crippen LogP contribution in [0.5, 0.6) is 5.75 Å². The fourth-order valence-electron chi connectivity index (χ4n) is 2.81. The Balaban J connectivity index is 1.61. The Labute approximate surface area is 110 Å². The van der Waals surface area contributed by atoms with E-state index in [1.165, 1.54) is 0 Å². The van der Waals surface area contributed by atoms with Crippen LogP contribution in [0.25, 0.3) is 0 Å². The Morgan fingerprint density at radius 1 is 1.32 bits per heavy atom. The molecule has 0 bridgehead atoms. The quantitative estimate of drug-likeness (QED) is 0.890. The van der Waals surface area contributed by atoms with Crippen molar-refractivity contribution in [2.45, 2.75) is 31.6 Å². The molecular weight excluding hydrogens is 252 g/mol. The van der Waals surface area contributed by atoms with Gasteiger partial charge in [-0.25, -0.2) is 0 Å². The number of aliphatic hydroxyl groups is 1. The van der Waals surface area contributed by atoms with Gasteiger partial charge in [-0.3, -0.25) is 4.90 Å². The molecule has 3 rings (SSSR count). The van der Waals surface area contributed by atoms with Crippen molar-refractivity contribution in [3.05, 3.63) is 29.8 Å². The second-order valence-electron chi connectivity index (χ2n) is 5.51. The summed E-state index contributed by atoms with van der Waals surface area (Å²) in [5, 5.41) is 10.2. The van der Waals surface area contributed by atoms with Crippen LogP contribution in [0.2, 0.25) is 0 Å². The Morgan fingerprint density at radius 2 is 2.00 bits per heavy atom. The summed E-state index contributed by atoms with van der Waals surface area (Å²) in [6.45, 7) is -1.01. The number of rotatable bonds is 5. The average molecular weight is 269 g/mol. The maximum Gasteiger partial charge on any atom is 0.387 e. The molecule has 1 heterocycles. The number of benzene rings is 1. The van der Waals surface area contributed by atoms with Crippen molar-refractivity contribution in [1.82, 2.24) is 4.90 Å². The Kier molecular flexibility index (Phi) is 3.19. The first-order valence-corrected chi connectivity index (χ1v) is 6.54. The van der Waals surface area contributed by atoms with E-state index in [1.54, 1.807) is 24.3 Å². The summed E-state index contributed by atoms with van der Waals surface area (Å²) in [6.07, 6.45) is 2.21. The Hall–Kier alpha value is -1.20. The maximum atomic E-state index is 12.3. The second kappa shape index (κ2) is 4.72. The predicted molar refractivity (Wildman–Crippen MR) is 66.0 cm³/mol. The van der Waals surface area contributed by atoms with Gasteiger partial charge in [0.15, 0.2) is 0 Å². The molecule has 19 heavy (non-hydrogen) atoms. The van der Waals surface area contributed by atoms with E-state index in [0.717, 1.165) is 18.4 Å². The molecule has 0 unspecified atom stereocenters. The average Bonchev–Trinajstić information content (AvgIpc) is 3.12. The lowest BCUT2D eigenvalue weighted by atomic mass is 9.88. The van der Waals surface area contributed by atoms with E-state index in [4.69, 9.17) is 0 Å². The molecule has 2 fully saturated rings. The van der Waals surface area contributed by atoms with Gasteiger partial charge in [0.25, 0.3) is 0 Å². The third-order valence-corrected chi connectivity index (χ3v) is 3.91. The fraction of sp³-hybridized carbons (Fsp3) is 0.571. The molecule has 1 saturated heterocycles. The highest BCUT2D eigenvalue weighted by Crippen LogP contribution is 2.45. The molecule has 0 spiro atoms. The number of ether oxygens (including phenoxy) is 1. The third-order valence-electron chi connectivity index (χ3n) is 3.91. The monoisotopic (exact) mass is 269 g/mol. The minimum Gasteiger partial charge on any atom is -0.434 e. The highest BCUT2D eigenvalue weighted by molar-refractivity contribution is 5.33. The minimum absolute atomic E-state index is 0.222. The molecule has 0 amide bonds. The SMILES string of the molecule is OC1(C2CC2)CN(Cc2ccccc2OC(F)F)C1. The van der Waals surface area contributed by atoms with Crippen molar-refractivity contribution in [1.29, 1.82) is 0 Å². The van der Waals surface area contributed by atoms with Gasteiger partial charge in [-0.1, -0.05) is 18.2 Å². The topological polar surface area (TPSA) is 32.7 Å². The van der Waals surface area contributed by atoms with Gasteiger partial charge < -0.3 is 9.84 Å². The van der Waals surface area contributed by atoms with Crippen molar-refractivity contribution in [3.8, 4) is 5.75 Å². The summed E-state index contributed by atoms with van der Waals surface area (Å²) < 4.78 is 29.1. The van der Waals surface area contributed by atoms with Crippen LogP contribution in [-0.2, 0) is 6.54 Å². The Morgan fingerprint density at radius 3 is 2.63 bits per heavy atom. The molecule has 0 atom stereocenters. The summed E-state index contributed by atoms with van der Waals surface area (Å²) in [6, 6.07) is 6.82. The molecule has 0 radical (unpaired) electrons. The van der Waals surface area contributed by atoms with Crippen molar-refractivity contribution in [3.63, 3.8) is 0 Å². The number of hydrogen-bond donors (Lipinski definition) is 1. The lowest BCUT2D eigenvalue weighted by Crippen LogP contribution is -2.62. The molecular formula is C14H17F2NO2.